The van der Waals surface area contributed by atoms with Gasteiger partial charge in [-0.2, -0.15) is 0 Å². The van der Waals surface area contributed by atoms with E-state index in [4.69, 9.17) is 9.47 Å². The summed E-state index contributed by atoms with van der Waals surface area (Å²) >= 11 is 0. The zero-order chi connectivity index (χ0) is 30.0. The van der Waals surface area contributed by atoms with Gasteiger partial charge in [-0.15, -0.1) is 12.8 Å². The maximum atomic E-state index is 9.72. The van der Waals surface area contributed by atoms with Gasteiger partial charge in [0, 0.05) is 19.6 Å². The lowest BCUT2D eigenvalue weighted by atomic mass is 9.82. The van der Waals surface area contributed by atoms with Crippen molar-refractivity contribution >= 4 is 0 Å². The number of phenolic OH excluding ortho intramolecular Hbond substituents is 1. The van der Waals surface area contributed by atoms with E-state index in [0.717, 1.165) is 63.6 Å². The molecule has 1 aliphatic heterocycles. The van der Waals surface area contributed by atoms with Crippen molar-refractivity contribution in [2.45, 2.75) is 71.3 Å². The first-order chi connectivity index (χ1) is 20.6. The number of terminal acetylenes is 1. The maximum Gasteiger partial charge on any atom is 0.119 e. The van der Waals surface area contributed by atoms with Crippen LogP contribution >= 0.6 is 0 Å². The van der Waals surface area contributed by atoms with Gasteiger partial charge in [-0.05, 0) is 117 Å². The molecule has 0 bridgehead atoms. The standard InChI is InChI=1S/C35H50N2O3.C2H2/c1-3-36(28-30-13-18-35(19-14-30)40-25-24-37-21-7-5-4-6-8-22-37)23-20-34(39-2)11-9-10-29-12-15-32-27-33(38)17-16-31(32)26-29;1-2/h9,11,13-14,16-20,27,29,38H,3-8,10,12,15,21-26,28H2,1-2H3;1-2H/b11-9-,34-20+;/t29-;/m0./s1. The highest BCUT2D eigenvalue weighted by Gasteiger charge is 2.18. The van der Waals surface area contributed by atoms with E-state index in [1.807, 2.05) is 12.1 Å². The SMILES string of the molecule is C#C.CCN(C/C=C(\C=C/C[C@H]1CCc2cc(O)ccc2C1)OC)Cc1ccc(OCCN2CCCCCCC2)cc1. The van der Waals surface area contributed by atoms with E-state index < -0.39 is 0 Å². The summed E-state index contributed by atoms with van der Waals surface area (Å²) in [5, 5.41) is 9.72. The van der Waals surface area contributed by atoms with Crippen molar-refractivity contribution in [2.24, 2.45) is 5.92 Å². The molecule has 1 aliphatic carbocycles. The second-order valence-corrected chi connectivity index (χ2v) is 11.4. The van der Waals surface area contributed by atoms with Crippen LogP contribution in [0.3, 0.4) is 0 Å². The molecule has 0 aromatic heterocycles. The smallest absolute Gasteiger partial charge is 0.119 e. The monoisotopic (exact) mass is 572 g/mol. The number of benzene rings is 2. The molecule has 0 radical (unpaired) electrons. The molecular formula is C37H52N2O3. The Balaban J connectivity index is 0.00000237. The van der Waals surface area contributed by atoms with Gasteiger partial charge in [0.1, 0.15) is 23.9 Å². The van der Waals surface area contributed by atoms with Crippen molar-refractivity contribution in [1.29, 1.82) is 0 Å². The van der Waals surface area contributed by atoms with Crippen molar-refractivity contribution < 1.29 is 14.6 Å². The van der Waals surface area contributed by atoms with Crippen LogP contribution in [0, 0.1) is 18.8 Å². The molecule has 228 valence electrons. The highest BCUT2D eigenvalue weighted by atomic mass is 16.5. The molecule has 1 N–H and O–H groups in total. The van der Waals surface area contributed by atoms with Crippen LogP contribution in [-0.2, 0) is 24.1 Å². The normalized spacial score (nSPS) is 18.0. The highest BCUT2D eigenvalue weighted by Crippen LogP contribution is 2.30. The molecule has 1 saturated heterocycles. The molecule has 4 rings (SSSR count). The quantitative estimate of drug-likeness (QED) is 0.154. The lowest BCUT2D eigenvalue weighted by Gasteiger charge is -2.24. The average molecular weight is 573 g/mol. The molecular weight excluding hydrogens is 520 g/mol. The fraction of sp³-hybridized carbons (Fsp3) is 0.514. The third-order valence-electron chi connectivity index (χ3n) is 8.46. The Morgan fingerprint density at radius 1 is 1.02 bits per heavy atom. The zero-order valence-electron chi connectivity index (χ0n) is 26.0. The first-order valence-corrected chi connectivity index (χ1v) is 15.8. The predicted octanol–water partition coefficient (Wildman–Crippen LogP) is 7.39. The molecule has 1 fully saturated rings. The minimum atomic E-state index is 0.378. The molecule has 0 spiro atoms. The van der Waals surface area contributed by atoms with Gasteiger partial charge >= 0.3 is 0 Å². The fourth-order valence-electron chi connectivity index (χ4n) is 5.92. The number of hydrogen-bond acceptors (Lipinski definition) is 5. The van der Waals surface area contributed by atoms with Crippen molar-refractivity contribution in [3.8, 4) is 24.3 Å². The second-order valence-electron chi connectivity index (χ2n) is 11.4. The first-order valence-electron chi connectivity index (χ1n) is 15.8. The number of likely N-dealkylation sites (N-methyl/N-ethyl adjacent to an activating group) is 1. The Morgan fingerprint density at radius 3 is 2.48 bits per heavy atom. The number of nitrogens with zero attached hydrogens (tertiary/aromatic N) is 2. The van der Waals surface area contributed by atoms with E-state index >= 15 is 0 Å². The Kier molecular flexibility index (Phi) is 15.1. The molecule has 2 aromatic carbocycles. The van der Waals surface area contributed by atoms with Gasteiger partial charge in [0.15, 0.2) is 0 Å². The number of rotatable bonds is 13. The second kappa shape index (κ2) is 19.1. The number of allylic oxidation sites excluding steroid dienone is 2. The molecule has 1 heterocycles. The van der Waals surface area contributed by atoms with E-state index in [2.05, 4.69) is 78.1 Å². The van der Waals surface area contributed by atoms with Gasteiger partial charge in [-0.3, -0.25) is 9.80 Å². The summed E-state index contributed by atoms with van der Waals surface area (Å²) < 4.78 is 11.7. The average Bonchev–Trinajstić information content (AvgIpc) is 3.01. The topological polar surface area (TPSA) is 45.2 Å². The summed E-state index contributed by atoms with van der Waals surface area (Å²) in [6, 6.07) is 14.4. The van der Waals surface area contributed by atoms with Crippen LogP contribution < -0.4 is 4.74 Å². The van der Waals surface area contributed by atoms with Gasteiger partial charge in [0.2, 0.25) is 0 Å². The van der Waals surface area contributed by atoms with Gasteiger partial charge in [0.25, 0.3) is 0 Å². The third kappa shape index (κ3) is 11.6. The van der Waals surface area contributed by atoms with Crippen LogP contribution in [0.15, 0.2) is 66.5 Å². The molecule has 42 heavy (non-hydrogen) atoms. The highest BCUT2D eigenvalue weighted by molar-refractivity contribution is 5.36. The fourth-order valence-corrected chi connectivity index (χ4v) is 5.92. The molecule has 5 nitrogen and oxygen atoms in total. The number of phenols is 1. The molecule has 0 saturated carbocycles. The lowest BCUT2D eigenvalue weighted by molar-refractivity contribution is 0.195. The maximum absolute atomic E-state index is 9.72. The number of likely N-dealkylation sites (tertiary alicyclic amines) is 1. The van der Waals surface area contributed by atoms with Crippen LogP contribution in [0.2, 0.25) is 0 Å². The van der Waals surface area contributed by atoms with Gasteiger partial charge < -0.3 is 14.6 Å². The number of aromatic hydroxyl groups is 1. The van der Waals surface area contributed by atoms with E-state index in [1.165, 1.54) is 68.3 Å². The molecule has 5 heteroatoms. The van der Waals surface area contributed by atoms with Crippen LogP contribution in [0.5, 0.6) is 11.5 Å². The summed E-state index contributed by atoms with van der Waals surface area (Å²) in [6.45, 7) is 9.14. The number of hydrogen-bond donors (Lipinski definition) is 1. The first kappa shape index (κ1) is 33.3. The summed E-state index contributed by atoms with van der Waals surface area (Å²) in [7, 11) is 1.75. The van der Waals surface area contributed by atoms with Crippen LogP contribution in [0.1, 0.15) is 68.6 Å². The van der Waals surface area contributed by atoms with E-state index in [9.17, 15) is 5.11 Å². The third-order valence-corrected chi connectivity index (χ3v) is 8.46. The summed E-state index contributed by atoms with van der Waals surface area (Å²) in [5.41, 5.74) is 3.98. The number of methoxy groups -OCH3 is 1. The van der Waals surface area contributed by atoms with Crippen molar-refractivity contribution in [3.63, 3.8) is 0 Å². The van der Waals surface area contributed by atoms with Gasteiger partial charge in [-0.25, -0.2) is 0 Å². The summed E-state index contributed by atoms with van der Waals surface area (Å²) in [4.78, 5) is 4.98. The predicted molar refractivity (Wildman–Crippen MR) is 175 cm³/mol. The zero-order valence-corrected chi connectivity index (χ0v) is 26.0. The lowest BCUT2D eigenvalue weighted by Crippen LogP contribution is -2.31. The van der Waals surface area contributed by atoms with Crippen LogP contribution in [-0.4, -0.2) is 61.3 Å². The van der Waals surface area contributed by atoms with Gasteiger partial charge in [0.05, 0.1) is 7.11 Å². The molecule has 2 aromatic rings. The van der Waals surface area contributed by atoms with Crippen molar-refractivity contribution in [1.82, 2.24) is 9.80 Å². The molecule has 0 amide bonds. The van der Waals surface area contributed by atoms with E-state index in [-0.39, 0.29) is 0 Å². The molecule has 2 aliphatic rings. The minimum absolute atomic E-state index is 0.378. The number of fused-ring (bicyclic) bond motifs is 1. The Labute approximate surface area is 255 Å². The minimum Gasteiger partial charge on any atom is -0.508 e. The largest absolute Gasteiger partial charge is 0.508 e. The summed E-state index contributed by atoms with van der Waals surface area (Å²) in [5.74, 6) is 2.90. The van der Waals surface area contributed by atoms with Crippen LogP contribution in [0.25, 0.3) is 0 Å². The van der Waals surface area contributed by atoms with Crippen molar-refractivity contribution in [2.75, 3.05) is 46.4 Å². The molecule has 0 unspecified atom stereocenters. The van der Waals surface area contributed by atoms with Gasteiger partial charge in [-0.1, -0.05) is 50.5 Å². The number of aryl methyl sites for hydroxylation is 1. The Morgan fingerprint density at radius 2 is 1.76 bits per heavy atom. The van der Waals surface area contributed by atoms with E-state index in [0.29, 0.717) is 11.7 Å². The number of ether oxygens (including phenoxy) is 2. The summed E-state index contributed by atoms with van der Waals surface area (Å²) in [6.07, 6.45) is 25.7. The Bertz CT molecular complexity index is 1110. The molecule has 1 atom stereocenters. The Hall–Kier alpha value is -3.20. The van der Waals surface area contributed by atoms with E-state index in [1.54, 1.807) is 7.11 Å². The van der Waals surface area contributed by atoms with Crippen LogP contribution in [0.4, 0.5) is 0 Å². The van der Waals surface area contributed by atoms with Crippen molar-refractivity contribution in [3.05, 3.63) is 83.1 Å².